The lowest BCUT2D eigenvalue weighted by molar-refractivity contribution is -0.143. The summed E-state index contributed by atoms with van der Waals surface area (Å²) in [5.74, 6) is -0.0294. The molecule has 0 unspecified atom stereocenters. The third-order valence-corrected chi connectivity index (χ3v) is 5.22. The van der Waals surface area contributed by atoms with Gasteiger partial charge in [0, 0.05) is 24.1 Å². The second-order valence-corrected chi connectivity index (χ2v) is 7.71. The van der Waals surface area contributed by atoms with Crippen LogP contribution in [0, 0.1) is 0 Å². The van der Waals surface area contributed by atoms with Crippen LogP contribution in [0.15, 0.2) is 60.3 Å². The van der Waals surface area contributed by atoms with Gasteiger partial charge in [-0.25, -0.2) is 14.6 Å². The van der Waals surface area contributed by atoms with Gasteiger partial charge in [0.15, 0.2) is 6.61 Å². The summed E-state index contributed by atoms with van der Waals surface area (Å²) in [4.78, 5) is 27.9. The average molecular weight is 465 g/mol. The number of imidazole rings is 1. The summed E-state index contributed by atoms with van der Waals surface area (Å²) in [6.45, 7) is 1.91. The largest absolute Gasteiger partial charge is 0.508 e. The minimum absolute atomic E-state index is 0.127. The van der Waals surface area contributed by atoms with E-state index in [1.807, 2.05) is 16.7 Å². The van der Waals surface area contributed by atoms with Crippen molar-refractivity contribution >= 4 is 18.0 Å². The van der Waals surface area contributed by atoms with Crippen molar-refractivity contribution in [3.8, 4) is 17.2 Å². The van der Waals surface area contributed by atoms with Gasteiger partial charge in [-0.1, -0.05) is 25.5 Å². The zero-order chi connectivity index (χ0) is 24.5. The first kappa shape index (κ1) is 24.6. The van der Waals surface area contributed by atoms with Crippen molar-refractivity contribution in [3.63, 3.8) is 0 Å². The van der Waals surface area contributed by atoms with Crippen LogP contribution in [0.3, 0.4) is 0 Å². The lowest BCUT2D eigenvalue weighted by Crippen LogP contribution is -2.12. The van der Waals surface area contributed by atoms with E-state index in [9.17, 15) is 19.8 Å². The van der Waals surface area contributed by atoms with Crippen LogP contribution in [-0.4, -0.2) is 45.4 Å². The molecule has 34 heavy (non-hydrogen) atoms. The predicted octanol–water partition coefficient (Wildman–Crippen LogP) is 4.18. The number of benzene rings is 2. The highest BCUT2D eigenvalue weighted by Gasteiger charge is 2.15. The summed E-state index contributed by atoms with van der Waals surface area (Å²) in [6, 6.07) is 13.6. The highest BCUT2D eigenvalue weighted by molar-refractivity contribution is 5.92. The van der Waals surface area contributed by atoms with Crippen molar-refractivity contribution < 1.29 is 29.3 Å². The fourth-order valence-corrected chi connectivity index (χ4v) is 3.41. The lowest BCUT2D eigenvalue weighted by atomic mass is 10.0. The number of carbonyl (C=O) groups is 2. The second kappa shape index (κ2) is 11.7. The monoisotopic (exact) mass is 464 g/mol. The zero-order valence-electron chi connectivity index (χ0n) is 19.2. The standard InChI is InChI=1S/C26H28N2O6/c1-3-4-5-24-27-16-21(15-19(26(31)32)14-18-6-10-22(29)11-7-18)28(24)20-8-12-23(13-9-20)34-17-25(30)33-2/h6-13,15-16,29H,3-5,14,17H2,1-2H3,(H,31,32)/b19-15-. The van der Waals surface area contributed by atoms with Crippen LogP contribution in [0.2, 0.25) is 0 Å². The number of phenolic OH excluding ortho intramolecular Hbond substituents is 1. The predicted molar refractivity (Wildman–Crippen MR) is 127 cm³/mol. The van der Waals surface area contributed by atoms with Gasteiger partial charge in [0.1, 0.15) is 17.3 Å². The Hall–Kier alpha value is -4.07. The van der Waals surface area contributed by atoms with Crippen molar-refractivity contribution in [2.45, 2.75) is 32.6 Å². The summed E-state index contributed by atoms with van der Waals surface area (Å²) in [5.41, 5.74) is 2.42. The number of aromatic nitrogens is 2. The highest BCUT2D eigenvalue weighted by atomic mass is 16.6. The molecule has 2 N–H and O–H groups in total. The Kier molecular flexibility index (Phi) is 8.45. The molecule has 8 heteroatoms. The molecule has 0 radical (unpaired) electrons. The van der Waals surface area contributed by atoms with Crippen molar-refractivity contribution in [2.75, 3.05) is 13.7 Å². The number of carbonyl (C=O) groups excluding carboxylic acids is 1. The molecule has 0 atom stereocenters. The smallest absolute Gasteiger partial charge is 0.343 e. The van der Waals surface area contributed by atoms with Crippen LogP contribution in [-0.2, 0) is 27.2 Å². The number of carboxylic acid groups (broad SMARTS) is 1. The number of nitrogens with zero attached hydrogens (tertiary/aromatic N) is 2. The van der Waals surface area contributed by atoms with E-state index in [4.69, 9.17) is 4.74 Å². The van der Waals surface area contributed by atoms with Crippen LogP contribution >= 0.6 is 0 Å². The van der Waals surface area contributed by atoms with Crippen molar-refractivity contribution in [1.29, 1.82) is 0 Å². The summed E-state index contributed by atoms with van der Waals surface area (Å²) < 4.78 is 11.9. The van der Waals surface area contributed by atoms with Gasteiger partial charge in [-0.05, 0) is 54.5 Å². The van der Waals surface area contributed by atoms with E-state index in [2.05, 4.69) is 16.6 Å². The lowest BCUT2D eigenvalue weighted by Gasteiger charge is -2.12. The molecule has 0 aliphatic carbocycles. The molecule has 8 nitrogen and oxygen atoms in total. The number of hydrogen-bond donors (Lipinski definition) is 2. The Labute approximate surface area is 198 Å². The minimum atomic E-state index is -1.03. The maximum absolute atomic E-state index is 12.0. The Morgan fingerprint density at radius 2 is 1.79 bits per heavy atom. The molecule has 0 spiro atoms. The zero-order valence-corrected chi connectivity index (χ0v) is 19.2. The first-order valence-corrected chi connectivity index (χ1v) is 11.0. The van der Waals surface area contributed by atoms with Gasteiger partial charge in [0.25, 0.3) is 0 Å². The topological polar surface area (TPSA) is 111 Å². The van der Waals surface area contributed by atoms with Crippen LogP contribution in [0.4, 0.5) is 0 Å². The van der Waals surface area contributed by atoms with Gasteiger partial charge in [-0.2, -0.15) is 0 Å². The maximum Gasteiger partial charge on any atom is 0.343 e. The molecule has 0 amide bonds. The number of hydrogen-bond acceptors (Lipinski definition) is 6. The first-order chi connectivity index (χ1) is 16.4. The van der Waals surface area contributed by atoms with Crippen molar-refractivity contribution in [2.24, 2.45) is 0 Å². The summed E-state index contributed by atoms with van der Waals surface area (Å²) >= 11 is 0. The molecule has 0 saturated heterocycles. The number of unbranched alkanes of at least 4 members (excludes halogenated alkanes) is 1. The summed E-state index contributed by atoms with van der Waals surface area (Å²) in [6.07, 6.45) is 6.18. The molecular weight excluding hydrogens is 436 g/mol. The normalized spacial score (nSPS) is 11.3. The van der Waals surface area contributed by atoms with Crippen molar-refractivity contribution in [1.82, 2.24) is 9.55 Å². The fourth-order valence-electron chi connectivity index (χ4n) is 3.41. The number of esters is 1. The number of aromatic hydroxyl groups is 1. The van der Waals surface area contributed by atoms with Crippen LogP contribution in [0.1, 0.15) is 36.8 Å². The van der Waals surface area contributed by atoms with E-state index in [0.717, 1.165) is 36.3 Å². The van der Waals surface area contributed by atoms with Crippen LogP contribution in [0.5, 0.6) is 11.5 Å². The minimum Gasteiger partial charge on any atom is -0.508 e. The van der Waals surface area contributed by atoms with E-state index >= 15 is 0 Å². The van der Waals surface area contributed by atoms with E-state index in [1.165, 1.54) is 19.2 Å². The third-order valence-electron chi connectivity index (χ3n) is 5.22. The van der Waals surface area contributed by atoms with E-state index < -0.39 is 11.9 Å². The molecule has 2 aromatic carbocycles. The molecule has 178 valence electrons. The molecule has 3 rings (SSSR count). The molecular formula is C26H28N2O6. The molecule has 0 bridgehead atoms. The summed E-state index contributed by atoms with van der Waals surface area (Å²) in [7, 11) is 1.30. The molecule has 1 heterocycles. The van der Waals surface area contributed by atoms with Gasteiger partial charge in [-0.3, -0.25) is 4.57 Å². The number of ether oxygens (including phenoxy) is 2. The van der Waals surface area contributed by atoms with E-state index in [0.29, 0.717) is 11.4 Å². The number of methoxy groups -OCH3 is 1. The van der Waals surface area contributed by atoms with E-state index in [-0.39, 0.29) is 24.4 Å². The number of carboxylic acids is 1. The van der Waals surface area contributed by atoms with Gasteiger partial charge in [0.2, 0.25) is 0 Å². The van der Waals surface area contributed by atoms with Crippen LogP contribution in [0.25, 0.3) is 11.8 Å². The third kappa shape index (κ3) is 6.48. The van der Waals surface area contributed by atoms with Crippen molar-refractivity contribution in [3.05, 3.63) is 77.4 Å². The first-order valence-electron chi connectivity index (χ1n) is 11.0. The Balaban J connectivity index is 1.94. The molecule has 0 aliphatic heterocycles. The Morgan fingerprint density at radius 1 is 1.09 bits per heavy atom. The summed E-state index contributed by atoms with van der Waals surface area (Å²) in [5, 5.41) is 19.3. The molecule has 0 fully saturated rings. The SMILES string of the molecule is CCCCc1ncc(/C=C(/Cc2ccc(O)cc2)C(=O)O)n1-c1ccc(OCC(=O)OC)cc1. The average Bonchev–Trinajstić information content (AvgIpc) is 3.24. The Bertz CT molecular complexity index is 1150. The number of rotatable bonds is 11. The molecule has 0 saturated carbocycles. The highest BCUT2D eigenvalue weighted by Crippen LogP contribution is 2.23. The van der Waals surface area contributed by atoms with Gasteiger partial charge < -0.3 is 19.7 Å². The second-order valence-electron chi connectivity index (χ2n) is 7.71. The van der Waals surface area contributed by atoms with Gasteiger partial charge >= 0.3 is 11.9 Å². The van der Waals surface area contributed by atoms with E-state index in [1.54, 1.807) is 36.5 Å². The maximum atomic E-state index is 12.0. The van der Waals surface area contributed by atoms with Crippen LogP contribution < -0.4 is 4.74 Å². The van der Waals surface area contributed by atoms with Gasteiger partial charge in [0.05, 0.1) is 19.0 Å². The fraction of sp³-hybridized carbons (Fsp3) is 0.269. The molecule has 1 aromatic heterocycles. The molecule has 3 aromatic rings. The number of phenols is 1. The quantitative estimate of drug-likeness (QED) is 0.323. The number of aliphatic carboxylic acids is 1. The molecule has 0 aliphatic rings. The van der Waals surface area contributed by atoms with Gasteiger partial charge in [-0.15, -0.1) is 0 Å². The number of aryl methyl sites for hydroxylation is 1. The Morgan fingerprint density at radius 3 is 2.41 bits per heavy atom.